The van der Waals surface area contributed by atoms with Gasteiger partial charge in [-0.1, -0.05) is 12.1 Å². The highest BCUT2D eigenvalue weighted by atomic mass is 15.1. The molecule has 0 aliphatic heterocycles. The van der Waals surface area contributed by atoms with E-state index in [-0.39, 0.29) is 0 Å². The minimum absolute atomic E-state index is 0.480. The number of hydrogen-bond acceptors (Lipinski definition) is 4. The van der Waals surface area contributed by atoms with Crippen LogP contribution >= 0.6 is 0 Å². The maximum absolute atomic E-state index is 9.41. The molecule has 6 nitrogen and oxygen atoms in total. The monoisotopic (exact) mass is 344 g/mol. The van der Waals surface area contributed by atoms with Gasteiger partial charge in [-0.3, -0.25) is 0 Å². The van der Waals surface area contributed by atoms with E-state index in [0.29, 0.717) is 22.5 Å². The molecule has 2 rings (SSSR count). The summed E-state index contributed by atoms with van der Waals surface area (Å²) >= 11 is 0. The van der Waals surface area contributed by atoms with E-state index < -0.39 is 0 Å². The lowest BCUT2D eigenvalue weighted by Gasteiger charge is -2.08. The molecular formula is C20H20N6. The molecule has 2 aromatic carbocycles. The second-order valence-electron chi connectivity index (χ2n) is 6.10. The SMILES string of the molecule is CN(C)/C=N/c1ccc(-c2ccc(/N=C/N(C)C)c(C#N)c2)cc1C#N. The van der Waals surface area contributed by atoms with Crippen LogP contribution < -0.4 is 0 Å². The second kappa shape index (κ2) is 8.46. The summed E-state index contributed by atoms with van der Waals surface area (Å²) in [7, 11) is 7.47. The summed E-state index contributed by atoms with van der Waals surface area (Å²) in [5.41, 5.74) is 3.88. The smallest absolute Gasteiger partial charge is 0.101 e. The molecule has 0 spiro atoms. The van der Waals surface area contributed by atoms with E-state index in [2.05, 4.69) is 22.1 Å². The van der Waals surface area contributed by atoms with Crippen molar-refractivity contribution in [1.82, 2.24) is 9.80 Å². The fourth-order valence-electron chi connectivity index (χ4n) is 2.19. The van der Waals surface area contributed by atoms with Crippen molar-refractivity contribution in [3.63, 3.8) is 0 Å². The van der Waals surface area contributed by atoms with Crippen molar-refractivity contribution in [2.24, 2.45) is 9.98 Å². The predicted molar refractivity (Wildman–Crippen MR) is 105 cm³/mol. The van der Waals surface area contributed by atoms with Crippen LogP contribution in [0.5, 0.6) is 0 Å². The van der Waals surface area contributed by atoms with Gasteiger partial charge in [0.2, 0.25) is 0 Å². The van der Waals surface area contributed by atoms with E-state index in [4.69, 9.17) is 0 Å². The molecule has 0 saturated heterocycles. The van der Waals surface area contributed by atoms with Crippen molar-refractivity contribution in [2.45, 2.75) is 0 Å². The Morgan fingerprint density at radius 1 is 0.731 bits per heavy atom. The van der Waals surface area contributed by atoms with Crippen LogP contribution in [0.1, 0.15) is 11.1 Å². The molecular weight excluding hydrogens is 324 g/mol. The Hall–Kier alpha value is -3.64. The van der Waals surface area contributed by atoms with Crippen molar-refractivity contribution >= 4 is 24.1 Å². The summed E-state index contributed by atoms with van der Waals surface area (Å²) in [6.45, 7) is 0. The van der Waals surface area contributed by atoms with Crippen LogP contribution in [0.2, 0.25) is 0 Å². The van der Waals surface area contributed by atoms with Crippen molar-refractivity contribution in [1.29, 1.82) is 10.5 Å². The molecule has 0 radical (unpaired) electrons. The molecule has 0 saturated carbocycles. The highest BCUT2D eigenvalue weighted by Crippen LogP contribution is 2.30. The standard InChI is InChI=1S/C20H20N6/c1-25(2)13-23-19-7-5-15(9-17(19)11-21)16-6-8-20(18(10-16)12-22)24-14-26(3)4/h5-10,13-14H,1-4H3/b23-13+,24-14+. The molecule has 0 aliphatic rings. The largest absolute Gasteiger partial charge is 0.369 e. The zero-order valence-electron chi connectivity index (χ0n) is 15.3. The van der Waals surface area contributed by atoms with Crippen LogP contribution in [-0.2, 0) is 0 Å². The molecule has 0 aliphatic carbocycles. The van der Waals surface area contributed by atoms with Crippen molar-refractivity contribution in [3.05, 3.63) is 47.5 Å². The molecule has 0 heterocycles. The second-order valence-corrected chi connectivity index (χ2v) is 6.10. The van der Waals surface area contributed by atoms with Crippen molar-refractivity contribution < 1.29 is 0 Å². The quantitative estimate of drug-likeness (QED) is 0.614. The first-order valence-electron chi connectivity index (χ1n) is 7.94. The molecule has 0 N–H and O–H groups in total. The topological polar surface area (TPSA) is 78.8 Å². The molecule has 0 fully saturated rings. The minimum atomic E-state index is 0.480. The number of aliphatic imine (C=N–C) groups is 2. The third kappa shape index (κ3) is 4.68. The fraction of sp³-hybridized carbons (Fsp3) is 0.200. The first-order chi connectivity index (χ1) is 12.4. The van der Waals surface area contributed by atoms with Crippen LogP contribution in [0.25, 0.3) is 11.1 Å². The lowest BCUT2D eigenvalue weighted by atomic mass is 10.00. The molecule has 26 heavy (non-hydrogen) atoms. The van der Waals surface area contributed by atoms with Gasteiger partial charge < -0.3 is 9.80 Å². The van der Waals surface area contributed by atoms with Gasteiger partial charge in [-0.15, -0.1) is 0 Å². The van der Waals surface area contributed by atoms with E-state index in [1.807, 2.05) is 40.3 Å². The molecule has 0 unspecified atom stereocenters. The minimum Gasteiger partial charge on any atom is -0.369 e. The van der Waals surface area contributed by atoms with Crippen LogP contribution in [0, 0.1) is 22.7 Å². The molecule has 0 aromatic heterocycles. The summed E-state index contributed by atoms with van der Waals surface area (Å²) in [5.74, 6) is 0. The van der Waals surface area contributed by atoms with E-state index in [9.17, 15) is 10.5 Å². The summed E-state index contributed by atoms with van der Waals surface area (Å²) in [6, 6.07) is 15.3. The van der Waals surface area contributed by atoms with Crippen molar-refractivity contribution in [3.8, 4) is 23.3 Å². The highest BCUT2D eigenvalue weighted by Gasteiger charge is 2.08. The summed E-state index contributed by atoms with van der Waals surface area (Å²) in [4.78, 5) is 12.2. The van der Waals surface area contributed by atoms with Gasteiger partial charge in [-0.25, -0.2) is 9.98 Å². The Morgan fingerprint density at radius 3 is 1.42 bits per heavy atom. The third-order valence-corrected chi connectivity index (χ3v) is 3.42. The lowest BCUT2D eigenvalue weighted by Crippen LogP contribution is -2.07. The maximum Gasteiger partial charge on any atom is 0.101 e. The molecule has 0 bridgehead atoms. The molecule has 130 valence electrons. The average molecular weight is 344 g/mol. The Morgan fingerprint density at radius 2 is 1.12 bits per heavy atom. The first-order valence-corrected chi connectivity index (χ1v) is 7.94. The molecule has 0 amide bonds. The third-order valence-electron chi connectivity index (χ3n) is 3.42. The number of nitriles is 2. The Labute approximate surface area is 154 Å². The van der Waals surface area contributed by atoms with E-state index in [1.54, 1.807) is 46.7 Å². The Balaban J connectivity index is 2.43. The fourth-order valence-corrected chi connectivity index (χ4v) is 2.19. The summed E-state index contributed by atoms with van der Waals surface area (Å²) in [6.07, 6.45) is 3.31. The van der Waals surface area contributed by atoms with Gasteiger partial charge in [-0.05, 0) is 35.4 Å². The maximum atomic E-state index is 9.41. The highest BCUT2D eigenvalue weighted by molar-refractivity contribution is 5.75. The van der Waals surface area contributed by atoms with Gasteiger partial charge in [-0.2, -0.15) is 10.5 Å². The van der Waals surface area contributed by atoms with E-state index >= 15 is 0 Å². The van der Waals surface area contributed by atoms with Crippen LogP contribution in [-0.4, -0.2) is 50.7 Å². The predicted octanol–water partition coefficient (Wildman–Crippen LogP) is 3.54. The Bertz CT molecular complexity index is 849. The van der Waals surface area contributed by atoms with Crippen LogP contribution in [0.15, 0.2) is 46.4 Å². The first kappa shape index (κ1) is 18.7. The number of benzene rings is 2. The van der Waals surface area contributed by atoms with Crippen LogP contribution in [0.3, 0.4) is 0 Å². The lowest BCUT2D eigenvalue weighted by molar-refractivity contribution is 0.643. The van der Waals surface area contributed by atoms with Gasteiger partial charge in [0.15, 0.2) is 0 Å². The normalized spacial score (nSPS) is 10.7. The molecule has 0 atom stereocenters. The number of hydrogen-bond donors (Lipinski definition) is 0. The van der Waals surface area contributed by atoms with Gasteiger partial charge in [0.05, 0.1) is 35.2 Å². The van der Waals surface area contributed by atoms with Gasteiger partial charge in [0.1, 0.15) is 12.1 Å². The molecule has 2 aromatic rings. The van der Waals surface area contributed by atoms with Crippen LogP contribution in [0.4, 0.5) is 11.4 Å². The Kier molecular flexibility index (Phi) is 6.08. The van der Waals surface area contributed by atoms with E-state index in [0.717, 1.165) is 11.1 Å². The number of nitrogens with zero attached hydrogens (tertiary/aromatic N) is 6. The average Bonchev–Trinajstić information content (AvgIpc) is 2.64. The summed E-state index contributed by atoms with van der Waals surface area (Å²) in [5, 5.41) is 18.8. The van der Waals surface area contributed by atoms with Gasteiger partial charge >= 0.3 is 0 Å². The van der Waals surface area contributed by atoms with Gasteiger partial charge in [0.25, 0.3) is 0 Å². The summed E-state index contributed by atoms with van der Waals surface area (Å²) < 4.78 is 0. The van der Waals surface area contributed by atoms with Crippen molar-refractivity contribution in [2.75, 3.05) is 28.2 Å². The zero-order chi connectivity index (χ0) is 19.1. The zero-order valence-corrected chi connectivity index (χ0v) is 15.3. The number of rotatable bonds is 5. The van der Waals surface area contributed by atoms with Gasteiger partial charge in [0, 0.05) is 28.2 Å². The van der Waals surface area contributed by atoms with E-state index in [1.165, 1.54) is 0 Å². The molecule has 6 heteroatoms.